The number of rotatable bonds is 9. The molecular weight excluding hydrogens is 394 g/mol. The molecule has 0 radical (unpaired) electrons. The van der Waals surface area contributed by atoms with Gasteiger partial charge in [0.25, 0.3) is 0 Å². The van der Waals surface area contributed by atoms with E-state index >= 15 is 0 Å². The van der Waals surface area contributed by atoms with Gasteiger partial charge in [0.15, 0.2) is 15.0 Å². The first-order valence-corrected chi connectivity index (χ1v) is 11.6. The van der Waals surface area contributed by atoms with E-state index < -0.39 is 9.84 Å². The largest absolute Gasteiger partial charge is 0.494 e. The standard InChI is InChI=1S/C20H23N3O3S2/c1-16-8-6-9-17(14-16)26-12-7-13-27-20-22-21-19(23(20)2)15-28(24,25)18-10-4-3-5-11-18/h3-6,8-11,14H,7,12-13,15H2,1-2H3. The van der Waals surface area contributed by atoms with Gasteiger partial charge < -0.3 is 9.30 Å². The first-order chi connectivity index (χ1) is 13.5. The number of aryl methyl sites for hydroxylation is 1. The van der Waals surface area contributed by atoms with Crippen molar-refractivity contribution in [2.24, 2.45) is 7.05 Å². The molecule has 148 valence electrons. The Kier molecular flexibility index (Phi) is 6.74. The highest BCUT2D eigenvalue weighted by Crippen LogP contribution is 2.20. The molecule has 0 aliphatic rings. The Balaban J connectivity index is 1.51. The van der Waals surface area contributed by atoms with Crippen molar-refractivity contribution in [3.63, 3.8) is 0 Å². The Hall–Kier alpha value is -2.32. The molecule has 0 amide bonds. The van der Waals surface area contributed by atoms with Gasteiger partial charge in [0, 0.05) is 12.8 Å². The lowest BCUT2D eigenvalue weighted by Gasteiger charge is -2.07. The van der Waals surface area contributed by atoms with Gasteiger partial charge in [0.05, 0.1) is 11.5 Å². The molecule has 0 saturated heterocycles. The number of hydrogen-bond donors (Lipinski definition) is 0. The van der Waals surface area contributed by atoms with Gasteiger partial charge in [-0.2, -0.15) is 0 Å². The fourth-order valence-corrected chi connectivity index (χ4v) is 4.77. The summed E-state index contributed by atoms with van der Waals surface area (Å²) in [6, 6.07) is 16.4. The molecule has 0 aliphatic heterocycles. The molecule has 28 heavy (non-hydrogen) atoms. The molecule has 0 unspecified atom stereocenters. The molecule has 0 spiro atoms. The Morgan fingerprint density at radius 2 is 1.86 bits per heavy atom. The summed E-state index contributed by atoms with van der Waals surface area (Å²) in [6.07, 6.45) is 0.850. The van der Waals surface area contributed by atoms with E-state index in [1.54, 1.807) is 53.7 Å². The van der Waals surface area contributed by atoms with Gasteiger partial charge in [0.1, 0.15) is 17.3 Å². The van der Waals surface area contributed by atoms with Crippen LogP contribution in [-0.4, -0.2) is 35.5 Å². The monoisotopic (exact) mass is 417 g/mol. The van der Waals surface area contributed by atoms with Crippen molar-refractivity contribution < 1.29 is 13.2 Å². The summed E-state index contributed by atoms with van der Waals surface area (Å²) in [5.74, 6) is 1.94. The minimum absolute atomic E-state index is 0.169. The molecule has 0 bridgehead atoms. The summed E-state index contributed by atoms with van der Waals surface area (Å²) in [7, 11) is -1.65. The number of hydrogen-bond acceptors (Lipinski definition) is 6. The van der Waals surface area contributed by atoms with Crippen molar-refractivity contribution in [3.8, 4) is 5.75 Å². The van der Waals surface area contributed by atoms with Gasteiger partial charge in [-0.15, -0.1) is 10.2 Å². The minimum atomic E-state index is -3.44. The summed E-state index contributed by atoms with van der Waals surface area (Å²) in [5.41, 5.74) is 1.17. The van der Waals surface area contributed by atoms with Crippen molar-refractivity contribution in [1.82, 2.24) is 14.8 Å². The average Bonchev–Trinajstić information content (AvgIpc) is 3.01. The van der Waals surface area contributed by atoms with Gasteiger partial charge >= 0.3 is 0 Å². The molecule has 2 aromatic carbocycles. The highest BCUT2D eigenvalue weighted by Gasteiger charge is 2.20. The van der Waals surface area contributed by atoms with Crippen molar-refractivity contribution >= 4 is 21.6 Å². The summed E-state index contributed by atoms with van der Waals surface area (Å²) in [4.78, 5) is 0.292. The molecule has 0 saturated carbocycles. The molecular formula is C20H23N3O3S2. The van der Waals surface area contributed by atoms with E-state index in [1.165, 1.54) is 5.56 Å². The number of aromatic nitrogens is 3. The van der Waals surface area contributed by atoms with Crippen LogP contribution >= 0.6 is 11.8 Å². The lowest BCUT2D eigenvalue weighted by atomic mass is 10.2. The molecule has 0 fully saturated rings. The van der Waals surface area contributed by atoms with E-state index in [0.29, 0.717) is 22.5 Å². The quantitative estimate of drug-likeness (QED) is 0.391. The molecule has 0 aliphatic carbocycles. The van der Waals surface area contributed by atoms with Crippen LogP contribution in [0.1, 0.15) is 17.8 Å². The summed E-state index contributed by atoms with van der Waals surface area (Å²) < 4.78 is 32.5. The Morgan fingerprint density at radius 3 is 2.61 bits per heavy atom. The summed E-state index contributed by atoms with van der Waals surface area (Å²) in [5, 5.41) is 8.90. The van der Waals surface area contributed by atoms with Gasteiger partial charge in [-0.1, -0.05) is 42.1 Å². The topological polar surface area (TPSA) is 74.1 Å². The number of nitrogens with zero attached hydrogens (tertiary/aromatic N) is 3. The van der Waals surface area contributed by atoms with Crippen LogP contribution in [0.2, 0.25) is 0 Å². The van der Waals surface area contributed by atoms with Crippen LogP contribution in [0.4, 0.5) is 0 Å². The zero-order valence-corrected chi connectivity index (χ0v) is 17.5. The van der Waals surface area contributed by atoms with Crippen LogP contribution in [0.15, 0.2) is 64.6 Å². The first kappa shape index (κ1) is 20.4. The van der Waals surface area contributed by atoms with Crippen molar-refractivity contribution in [1.29, 1.82) is 0 Å². The highest BCUT2D eigenvalue weighted by molar-refractivity contribution is 7.99. The van der Waals surface area contributed by atoms with Crippen molar-refractivity contribution in [2.75, 3.05) is 12.4 Å². The Morgan fingerprint density at radius 1 is 1.07 bits per heavy atom. The van der Waals surface area contributed by atoms with E-state index in [-0.39, 0.29) is 5.75 Å². The maximum atomic E-state index is 12.5. The molecule has 0 N–H and O–H groups in total. The normalized spacial score (nSPS) is 11.5. The predicted octanol–water partition coefficient (Wildman–Crippen LogP) is 3.66. The summed E-state index contributed by atoms with van der Waals surface area (Å²) in [6.45, 7) is 2.65. The van der Waals surface area contributed by atoms with E-state index in [0.717, 1.165) is 17.9 Å². The summed E-state index contributed by atoms with van der Waals surface area (Å²) >= 11 is 1.54. The van der Waals surface area contributed by atoms with Gasteiger partial charge in [-0.3, -0.25) is 0 Å². The van der Waals surface area contributed by atoms with Crippen LogP contribution in [0.3, 0.4) is 0 Å². The predicted molar refractivity (Wildman–Crippen MR) is 110 cm³/mol. The lowest BCUT2D eigenvalue weighted by molar-refractivity contribution is 0.318. The second-order valence-electron chi connectivity index (χ2n) is 6.40. The first-order valence-electron chi connectivity index (χ1n) is 8.94. The smallest absolute Gasteiger partial charge is 0.190 e. The second kappa shape index (κ2) is 9.25. The highest BCUT2D eigenvalue weighted by atomic mass is 32.2. The third-order valence-electron chi connectivity index (χ3n) is 4.12. The van der Waals surface area contributed by atoms with Crippen LogP contribution < -0.4 is 4.74 Å². The zero-order chi connectivity index (χ0) is 20.0. The minimum Gasteiger partial charge on any atom is -0.494 e. The molecule has 1 aromatic heterocycles. The van der Waals surface area contributed by atoms with Crippen molar-refractivity contribution in [2.45, 2.75) is 29.1 Å². The van der Waals surface area contributed by atoms with Gasteiger partial charge in [-0.25, -0.2) is 8.42 Å². The van der Waals surface area contributed by atoms with Crippen LogP contribution in [0.25, 0.3) is 0 Å². The number of sulfone groups is 1. The third kappa shape index (κ3) is 5.36. The number of thioether (sulfide) groups is 1. The average molecular weight is 418 g/mol. The second-order valence-corrected chi connectivity index (χ2v) is 9.45. The molecule has 6 nitrogen and oxygen atoms in total. The number of ether oxygens (including phenoxy) is 1. The van der Waals surface area contributed by atoms with Gasteiger partial charge in [0.2, 0.25) is 0 Å². The van der Waals surface area contributed by atoms with Gasteiger partial charge in [-0.05, 0) is 43.2 Å². The maximum absolute atomic E-state index is 12.5. The molecule has 1 heterocycles. The molecule has 0 atom stereocenters. The van der Waals surface area contributed by atoms with Crippen LogP contribution in [-0.2, 0) is 22.6 Å². The molecule has 3 rings (SSSR count). The van der Waals surface area contributed by atoms with E-state index in [1.807, 2.05) is 31.2 Å². The fourth-order valence-electron chi connectivity index (χ4n) is 2.60. The van der Waals surface area contributed by atoms with Crippen molar-refractivity contribution in [3.05, 3.63) is 66.0 Å². The zero-order valence-electron chi connectivity index (χ0n) is 15.9. The van der Waals surface area contributed by atoms with Crippen LogP contribution in [0, 0.1) is 6.92 Å². The number of benzene rings is 2. The SMILES string of the molecule is Cc1cccc(OCCCSc2nnc(CS(=O)(=O)c3ccccc3)n2C)c1. The maximum Gasteiger partial charge on any atom is 0.190 e. The third-order valence-corrected chi connectivity index (χ3v) is 6.86. The fraction of sp³-hybridized carbons (Fsp3) is 0.300. The Labute approximate surface area is 169 Å². The molecule has 8 heteroatoms. The van der Waals surface area contributed by atoms with Crippen LogP contribution in [0.5, 0.6) is 5.75 Å². The van der Waals surface area contributed by atoms with E-state index in [2.05, 4.69) is 10.2 Å². The lowest BCUT2D eigenvalue weighted by Crippen LogP contribution is -2.09. The Bertz CT molecular complexity index is 1020. The van der Waals surface area contributed by atoms with E-state index in [9.17, 15) is 8.42 Å². The molecule has 3 aromatic rings. The van der Waals surface area contributed by atoms with E-state index in [4.69, 9.17) is 4.74 Å².